The number of amides is 1. The van der Waals surface area contributed by atoms with E-state index in [0.29, 0.717) is 11.4 Å². The van der Waals surface area contributed by atoms with Gasteiger partial charge in [-0.3, -0.25) is 9.89 Å². The van der Waals surface area contributed by atoms with Crippen LogP contribution >= 0.6 is 0 Å². The molecule has 5 heteroatoms. The standard InChI is InChI=1S/C8H10FN3O/c1-5(2)7(9)8(13)11-6-3-4-10-12-6/h3-4H,1-2H3,(H2,10,11,12,13). The van der Waals surface area contributed by atoms with Gasteiger partial charge in [-0.25, -0.2) is 4.39 Å². The fraction of sp³-hybridized carbons (Fsp3) is 0.250. The highest BCUT2D eigenvalue weighted by atomic mass is 19.1. The van der Waals surface area contributed by atoms with E-state index in [1.807, 2.05) is 0 Å². The number of aromatic amines is 1. The second-order valence-corrected chi connectivity index (χ2v) is 2.74. The molecule has 0 spiro atoms. The Kier molecular flexibility index (Phi) is 2.79. The molecule has 0 saturated carbocycles. The van der Waals surface area contributed by atoms with Crippen LogP contribution in [0.5, 0.6) is 0 Å². The highest BCUT2D eigenvalue weighted by molar-refractivity contribution is 6.01. The Morgan fingerprint density at radius 3 is 2.77 bits per heavy atom. The molecule has 0 aliphatic carbocycles. The molecule has 0 unspecified atom stereocenters. The second kappa shape index (κ2) is 3.84. The number of carbonyl (C=O) groups is 1. The van der Waals surface area contributed by atoms with Gasteiger partial charge in [0, 0.05) is 6.07 Å². The van der Waals surface area contributed by atoms with Crippen LogP contribution in [0.3, 0.4) is 0 Å². The van der Waals surface area contributed by atoms with Gasteiger partial charge < -0.3 is 5.32 Å². The monoisotopic (exact) mass is 183 g/mol. The molecular weight excluding hydrogens is 173 g/mol. The molecular formula is C8H10FN3O. The molecule has 70 valence electrons. The summed E-state index contributed by atoms with van der Waals surface area (Å²) in [5.74, 6) is -1.15. The van der Waals surface area contributed by atoms with Crippen molar-refractivity contribution in [3.05, 3.63) is 23.7 Å². The number of H-pyrrole nitrogens is 1. The molecule has 0 radical (unpaired) electrons. The maximum absolute atomic E-state index is 12.9. The van der Waals surface area contributed by atoms with Gasteiger partial charge in [-0.2, -0.15) is 5.10 Å². The predicted molar refractivity (Wildman–Crippen MR) is 46.7 cm³/mol. The van der Waals surface area contributed by atoms with Crippen molar-refractivity contribution < 1.29 is 9.18 Å². The number of nitrogens with zero attached hydrogens (tertiary/aromatic N) is 1. The number of allylic oxidation sites excluding steroid dienone is 1. The van der Waals surface area contributed by atoms with Crippen LogP contribution in [0.4, 0.5) is 10.2 Å². The molecule has 0 fully saturated rings. The van der Waals surface area contributed by atoms with Crippen LogP contribution in [0.1, 0.15) is 13.8 Å². The lowest BCUT2D eigenvalue weighted by Gasteiger charge is -2.00. The van der Waals surface area contributed by atoms with Crippen molar-refractivity contribution in [1.29, 1.82) is 0 Å². The first-order valence-corrected chi connectivity index (χ1v) is 3.75. The van der Waals surface area contributed by atoms with Crippen LogP contribution in [0.2, 0.25) is 0 Å². The summed E-state index contributed by atoms with van der Waals surface area (Å²) in [5, 5.41) is 8.40. The summed E-state index contributed by atoms with van der Waals surface area (Å²) in [7, 11) is 0. The fourth-order valence-electron chi connectivity index (χ4n) is 0.730. The summed E-state index contributed by atoms with van der Waals surface area (Å²) in [6.45, 7) is 3.06. The van der Waals surface area contributed by atoms with Gasteiger partial charge >= 0.3 is 0 Å². The summed E-state index contributed by atoms with van der Waals surface area (Å²) >= 11 is 0. The molecule has 1 amide bonds. The van der Waals surface area contributed by atoms with E-state index in [1.54, 1.807) is 0 Å². The highest BCUT2D eigenvalue weighted by Gasteiger charge is 2.10. The third-order valence-electron chi connectivity index (χ3n) is 1.39. The van der Waals surface area contributed by atoms with Crippen LogP contribution in [0, 0.1) is 0 Å². The van der Waals surface area contributed by atoms with E-state index in [1.165, 1.54) is 26.1 Å². The zero-order valence-electron chi connectivity index (χ0n) is 7.39. The van der Waals surface area contributed by atoms with Crippen LogP contribution in [0.15, 0.2) is 23.7 Å². The normalized spacial score (nSPS) is 9.46. The van der Waals surface area contributed by atoms with Gasteiger partial charge in [0.1, 0.15) is 5.82 Å². The number of anilines is 1. The lowest BCUT2D eigenvalue weighted by molar-refractivity contribution is -0.114. The van der Waals surface area contributed by atoms with E-state index in [0.717, 1.165) is 0 Å². The first kappa shape index (κ1) is 9.44. The van der Waals surface area contributed by atoms with Gasteiger partial charge in [-0.15, -0.1) is 0 Å². The van der Waals surface area contributed by atoms with Crippen molar-refractivity contribution in [3.8, 4) is 0 Å². The van der Waals surface area contributed by atoms with Crippen LogP contribution in [0.25, 0.3) is 0 Å². The van der Waals surface area contributed by atoms with Crippen molar-refractivity contribution in [2.75, 3.05) is 5.32 Å². The Balaban J connectivity index is 2.67. The van der Waals surface area contributed by atoms with Gasteiger partial charge in [0.15, 0.2) is 5.83 Å². The summed E-state index contributed by atoms with van der Waals surface area (Å²) in [6.07, 6.45) is 1.47. The maximum Gasteiger partial charge on any atom is 0.285 e. The van der Waals surface area contributed by atoms with E-state index in [-0.39, 0.29) is 0 Å². The predicted octanol–water partition coefficient (Wildman–Crippen LogP) is 1.61. The number of carbonyl (C=O) groups excluding carboxylic acids is 1. The van der Waals surface area contributed by atoms with Gasteiger partial charge in [0.05, 0.1) is 6.20 Å². The van der Waals surface area contributed by atoms with Crippen molar-refractivity contribution >= 4 is 11.7 Å². The van der Waals surface area contributed by atoms with E-state index in [4.69, 9.17) is 0 Å². The minimum absolute atomic E-state index is 0.344. The van der Waals surface area contributed by atoms with E-state index in [2.05, 4.69) is 15.5 Å². The smallest absolute Gasteiger partial charge is 0.285 e. The molecule has 0 aromatic carbocycles. The maximum atomic E-state index is 12.9. The van der Waals surface area contributed by atoms with E-state index in [9.17, 15) is 9.18 Å². The third-order valence-corrected chi connectivity index (χ3v) is 1.39. The number of nitrogens with one attached hydrogen (secondary N) is 2. The third kappa shape index (κ3) is 2.40. The molecule has 1 aromatic heterocycles. The average Bonchev–Trinajstić information content (AvgIpc) is 2.55. The Morgan fingerprint density at radius 2 is 2.31 bits per heavy atom. The van der Waals surface area contributed by atoms with Gasteiger partial charge in [0.25, 0.3) is 5.91 Å². The molecule has 4 nitrogen and oxygen atoms in total. The number of hydrogen-bond acceptors (Lipinski definition) is 2. The summed E-state index contributed by atoms with van der Waals surface area (Å²) < 4.78 is 12.9. The van der Waals surface area contributed by atoms with Crippen LogP contribution < -0.4 is 5.32 Å². The molecule has 0 saturated heterocycles. The SMILES string of the molecule is CC(C)=C(F)C(=O)Nc1ccn[nH]1. The van der Waals surface area contributed by atoms with Crippen molar-refractivity contribution in [1.82, 2.24) is 10.2 Å². The molecule has 1 rings (SSSR count). The van der Waals surface area contributed by atoms with E-state index < -0.39 is 11.7 Å². The zero-order valence-corrected chi connectivity index (χ0v) is 7.39. The second-order valence-electron chi connectivity index (χ2n) is 2.74. The molecule has 1 aromatic rings. The molecule has 2 N–H and O–H groups in total. The summed E-state index contributed by atoms with van der Waals surface area (Å²) in [4.78, 5) is 11.1. The quantitative estimate of drug-likeness (QED) is 0.684. The Morgan fingerprint density at radius 1 is 1.62 bits per heavy atom. The van der Waals surface area contributed by atoms with Crippen LogP contribution in [-0.2, 0) is 4.79 Å². The fourth-order valence-corrected chi connectivity index (χ4v) is 0.730. The highest BCUT2D eigenvalue weighted by Crippen LogP contribution is 2.08. The minimum atomic E-state index is -0.769. The molecule has 0 atom stereocenters. The first-order chi connectivity index (χ1) is 6.11. The van der Waals surface area contributed by atoms with Crippen molar-refractivity contribution in [2.24, 2.45) is 0 Å². The molecule has 0 aliphatic rings. The van der Waals surface area contributed by atoms with Crippen LogP contribution in [-0.4, -0.2) is 16.1 Å². The number of rotatable bonds is 2. The number of aromatic nitrogens is 2. The average molecular weight is 183 g/mol. The topological polar surface area (TPSA) is 57.8 Å². The Labute approximate surface area is 74.8 Å². The first-order valence-electron chi connectivity index (χ1n) is 3.75. The lowest BCUT2D eigenvalue weighted by atomic mass is 10.3. The van der Waals surface area contributed by atoms with Crippen molar-refractivity contribution in [3.63, 3.8) is 0 Å². The lowest BCUT2D eigenvalue weighted by Crippen LogP contribution is -2.13. The molecule has 1 heterocycles. The van der Waals surface area contributed by atoms with E-state index >= 15 is 0 Å². The number of hydrogen-bond donors (Lipinski definition) is 2. The van der Waals surface area contributed by atoms with Crippen molar-refractivity contribution in [2.45, 2.75) is 13.8 Å². The molecule has 0 aliphatic heterocycles. The minimum Gasteiger partial charge on any atom is -0.305 e. The van der Waals surface area contributed by atoms with Gasteiger partial charge in [-0.1, -0.05) is 0 Å². The Hall–Kier alpha value is -1.65. The Bertz CT molecular complexity index is 325. The van der Waals surface area contributed by atoms with Gasteiger partial charge in [0.2, 0.25) is 0 Å². The largest absolute Gasteiger partial charge is 0.305 e. The molecule has 13 heavy (non-hydrogen) atoms. The zero-order chi connectivity index (χ0) is 9.84. The summed E-state index contributed by atoms with van der Waals surface area (Å²) in [5.41, 5.74) is 0.344. The van der Waals surface area contributed by atoms with Gasteiger partial charge in [-0.05, 0) is 19.4 Å². The molecule has 0 bridgehead atoms. The summed E-state index contributed by atoms with van der Waals surface area (Å²) in [6, 6.07) is 1.54. The number of halogens is 1.